The summed E-state index contributed by atoms with van der Waals surface area (Å²) in [5, 5.41) is 13.3. The predicted octanol–water partition coefficient (Wildman–Crippen LogP) is 2.97. The largest absolute Gasteiger partial charge is 0.348 e. The normalized spacial score (nSPS) is 10.2. The number of hydrogen-bond acceptors (Lipinski definition) is 3. The Kier molecular flexibility index (Phi) is 4.27. The van der Waals surface area contributed by atoms with Crippen LogP contribution in [0.2, 0.25) is 0 Å². The zero-order valence-electron chi connectivity index (χ0n) is 11.3. The van der Waals surface area contributed by atoms with Crippen LogP contribution >= 0.6 is 0 Å². The summed E-state index contributed by atoms with van der Waals surface area (Å²) in [6.45, 7) is 1.81. The molecule has 0 fully saturated rings. The van der Waals surface area contributed by atoms with E-state index in [1.54, 1.807) is 19.1 Å². The molecule has 0 bridgehead atoms. The Hall–Kier alpha value is -2.76. The minimum Gasteiger partial charge on any atom is -0.348 e. The number of rotatable bonds is 4. The monoisotopic (exact) mass is 288 g/mol. The van der Waals surface area contributed by atoms with Crippen molar-refractivity contribution in [1.82, 2.24) is 5.32 Å². The third-order valence-corrected chi connectivity index (χ3v) is 3.01. The van der Waals surface area contributed by atoms with Gasteiger partial charge in [-0.2, -0.15) is 0 Å². The second kappa shape index (κ2) is 6.13. The molecule has 0 aliphatic heterocycles. The number of benzene rings is 2. The van der Waals surface area contributed by atoms with Gasteiger partial charge in [-0.25, -0.2) is 4.39 Å². The van der Waals surface area contributed by atoms with Crippen LogP contribution in [0.1, 0.15) is 21.5 Å². The Morgan fingerprint density at radius 1 is 1.29 bits per heavy atom. The number of nitrogens with zero attached hydrogens (tertiary/aromatic N) is 1. The number of amides is 1. The third-order valence-electron chi connectivity index (χ3n) is 3.01. The van der Waals surface area contributed by atoms with Crippen molar-refractivity contribution < 1.29 is 14.1 Å². The molecule has 2 rings (SSSR count). The molecule has 2 aromatic rings. The lowest BCUT2D eigenvalue weighted by Gasteiger charge is -2.08. The first-order valence-electron chi connectivity index (χ1n) is 6.25. The van der Waals surface area contributed by atoms with Crippen molar-refractivity contribution in [1.29, 1.82) is 0 Å². The molecule has 0 atom stereocenters. The molecule has 0 saturated heterocycles. The number of carbonyl (C=O) groups is 1. The zero-order valence-corrected chi connectivity index (χ0v) is 11.3. The molecule has 1 N–H and O–H groups in total. The van der Waals surface area contributed by atoms with E-state index in [2.05, 4.69) is 5.32 Å². The van der Waals surface area contributed by atoms with Gasteiger partial charge >= 0.3 is 0 Å². The molecule has 21 heavy (non-hydrogen) atoms. The lowest BCUT2D eigenvalue weighted by molar-refractivity contribution is -0.384. The van der Waals surface area contributed by atoms with E-state index < -0.39 is 10.7 Å². The van der Waals surface area contributed by atoms with Gasteiger partial charge in [-0.3, -0.25) is 14.9 Å². The lowest BCUT2D eigenvalue weighted by atomic mass is 10.1. The number of aryl methyl sites for hydroxylation is 1. The molecule has 5 nitrogen and oxygen atoms in total. The zero-order chi connectivity index (χ0) is 15.4. The molecule has 0 spiro atoms. The van der Waals surface area contributed by atoms with Gasteiger partial charge in [0.15, 0.2) is 0 Å². The van der Waals surface area contributed by atoms with Crippen molar-refractivity contribution in [3.63, 3.8) is 0 Å². The Morgan fingerprint density at radius 2 is 2.05 bits per heavy atom. The number of nitro groups is 1. The lowest BCUT2D eigenvalue weighted by Crippen LogP contribution is -2.23. The van der Waals surface area contributed by atoms with Crippen molar-refractivity contribution in [2.75, 3.05) is 0 Å². The van der Waals surface area contributed by atoms with Crippen LogP contribution in [0.5, 0.6) is 0 Å². The van der Waals surface area contributed by atoms with E-state index in [1.807, 2.05) is 0 Å². The van der Waals surface area contributed by atoms with Crippen molar-refractivity contribution >= 4 is 11.6 Å². The number of nitro benzene ring substituents is 1. The fourth-order valence-electron chi connectivity index (χ4n) is 1.94. The summed E-state index contributed by atoms with van der Waals surface area (Å²) < 4.78 is 13.0. The molecule has 0 unspecified atom stereocenters. The summed E-state index contributed by atoms with van der Waals surface area (Å²) in [6, 6.07) is 9.94. The molecule has 1 amide bonds. The highest BCUT2D eigenvalue weighted by Crippen LogP contribution is 2.14. The summed E-state index contributed by atoms with van der Waals surface area (Å²) in [4.78, 5) is 22.2. The first-order valence-corrected chi connectivity index (χ1v) is 6.25. The van der Waals surface area contributed by atoms with Crippen molar-refractivity contribution in [2.24, 2.45) is 0 Å². The molecule has 2 aromatic carbocycles. The van der Waals surface area contributed by atoms with Gasteiger partial charge in [-0.15, -0.1) is 0 Å². The van der Waals surface area contributed by atoms with Crippen molar-refractivity contribution in [3.05, 3.63) is 75.1 Å². The highest BCUT2D eigenvalue weighted by molar-refractivity contribution is 5.95. The maximum Gasteiger partial charge on any atom is 0.269 e. The molecule has 0 aliphatic rings. The number of nitrogens with one attached hydrogen (secondary N) is 1. The van der Waals surface area contributed by atoms with Gasteiger partial charge < -0.3 is 5.32 Å². The van der Waals surface area contributed by atoms with Crippen LogP contribution in [0.25, 0.3) is 0 Å². The topological polar surface area (TPSA) is 72.2 Å². The van der Waals surface area contributed by atoms with Crippen LogP contribution < -0.4 is 5.32 Å². The van der Waals surface area contributed by atoms with Crippen molar-refractivity contribution in [2.45, 2.75) is 13.5 Å². The SMILES string of the molecule is Cc1cc(F)ccc1C(=O)NCc1cccc([N+](=O)[O-])c1. The maximum absolute atomic E-state index is 13.0. The quantitative estimate of drug-likeness (QED) is 0.694. The van der Waals surface area contributed by atoms with E-state index in [9.17, 15) is 19.3 Å². The van der Waals surface area contributed by atoms with Crippen LogP contribution in [0.4, 0.5) is 10.1 Å². The van der Waals surface area contributed by atoms with Crippen LogP contribution in [0.15, 0.2) is 42.5 Å². The fourth-order valence-corrected chi connectivity index (χ4v) is 1.94. The predicted molar refractivity (Wildman–Crippen MR) is 75.4 cm³/mol. The Morgan fingerprint density at radius 3 is 2.71 bits per heavy atom. The van der Waals surface area contributed by atoms with Gasteiger partial charge in [0.05, 0.1) is 4.92 Å². The summed E-state index contributed by atoms with van der Waals surface area (Å²) in [5.41, 5.74) is 1.50. The van der Waals surface area contributed by atoms with E-state index in [4.69, 9.17) is 0 Å². The minimum atomic E-state index is -0.491. The molecule has 108 valence electrons. The molecular formula is C15H13FN2O3. The second-order valence-corrected chi connectivity index (χ2v) is 4.57. The van der Waals surface area contributed by atoms with E-state index in [-0.39, 0.29) is 18.1 Å². The molecular weight excluding hydrogens is 275 g/mol. The highest BCUT2D eigenvalue weighted by atomic mass is 19.1. The first-order chi connectivity index (χ1) is 9.97. The Bertz CT molecular complexity index is 701. The van der Waals surface area contributed by atoms with Crippen molar-refractivity contribution in [3.8, 4) is 0 Å². The standard InChI is InChI=1S/C15H13FN2O3/c1-10-7-12(16)5-6-14(10)15(19)17-9-11-3-2-4-13(8-11)18(20)21/h2-8H,9H2,1H3,(H,17,19). The van der Waals surface area contributed by atoms with Crippen LogP contribution in [-0.2, 0) is 6.54 Å². The fraction of sp³-hybridized carbons (Fsp3) is 0.133. The van der Waals surface area contributed by atoms with E-state index in [1.165, 1.54) is 30.3 Å². The number of halogens is 1. The van der Waals surface area contributed by atoms with Gasteiger partial charge in [0.1, 0.15) is 5.82 Å². The van der Waals surface area contributed by atoms with Crippen LogP contribution in [-0.4, -0.2) is 10.8 Å². The van der Waals surface area contributed by atoms with Gasteiger partial charge in [0.25, 0.3) is 11.6 Å². The van der Waals surface area contributed by atoms with Gasteiger partial charge in [0, 0.05) is 24.2 Å². The summed E-state index contributed by atoms with van der Waals surface area (Å²) in [6.07, 6.45) is 0. The molecule has 0 saturated carbocycles. The average Bonchev–Trinajstić information content (AvgIpc) is 2.45. The Balaban J connectivity index is 2.07. The maximum atomic E-state index is 13.0. The summed E-state index contributed by atoms with van der Waals surface area (Å²) >= 11 is 0. The van der Waals surface area contributed by atoms with E-state index >= 15 is 0 Å². The molecule has 0 heterocycles. The Labute approximate surface area is 120 Å². The number of carbonyl (C=O) groups excluding carboxylic acids is 1. The number of non-ortho nitro benzene ring substituents is 1. The van der Waals surface area contributed by atoms with Crippen LogP contribution in [0, 0.1) is 22.9 Å². The molecule has 0 aromatic heterocycles. The highest BCUT2D eigenvalue weighted by Gasteiger charge is 2.10. The third kappa shape index (κ3) is 3.62. The molecule has 0 aliphatic carbocycles. The second-order valence-electron chi connectivity index (χ2n) is 4.57. The summed E-state index contributed by atoms with van der Waals surface area (Å²) in [7, 11) is 0. The van der Waals surface area contributed by atoms with E-state index in [0.29, 0.717) is 16.7 Å². The minimum absolute atomic E-state index is 0.0280. The smallest absolute Gasteiger partial charge is 0.269 e. The number of hydrogen-bond donors (Lipinski definition) is 1. The van der Waals surface area contributed by atoms with Crippen LogP contribution in [0.3, 0.4) is 0 Å². The van der Waals surface area contributed by atoms with Gasteiger partial charge in [0.2, 0.25) is 0 Å². The van der Waals surface area contributed by atoms with Gasteiger partial charge in [-0.05, 0) is 36.2 Å². The van der Waals surface area contributed by atoms with E-state index in [0.717, 1.165) is 0 Å². The molecule has 6 heteroatoms. The average molecular weight is 288 g/mol. The summed E-state index contributed by atoms with van der Waals surface area (Å²) in [5.74, 6) is -0.748. The first kappa shape index (κ1) is 14.6. The van der Waals surface area contributed by atoms with Gasteiger partial charge in [-0.1, -0.05) is 12.1 Å². The molecule has 0 radical (unpaired) electrons.